The molecule has 0 radical (unpaired) electrons. The van der Waals surface area contributed by atoms with Gasteiger partial charge in [-0.2, -0.15) is 0 Å². The van der Waals surface area contributed by atoms with Gasteiger partial charge in [-0.3, -0.25) is 14.5 Å². The number of aliphatic carboxylic acids is 1. The zero-order valence-electron chi connectivity index (χ0n) is 12.1. The van der Waals surface area contributed by atoms with Crippen LogP contribution in [0, 0.1) is 6.92 Å². The third-order valence-electron chi connectivity index (χ3n) is 2.97. The van der Waals surface area contributed by atoms with Gasteiger partial charge in [0, 0.05) is 12.2 Å². The predicted molar refractivity (Wildman–Crippen MR) is 78.8 cm³/mol. The number of carbonyl (C=O) groups is 2. The molecule has 0 atom stereocenters. The summed E-state index contributed by atoms with van der Waals surface area (Å²) >= 11 is 0. The number of hydrogen-bond acceptors (Lipinski definition) is 3. The van der Waals surface area contributed by atoms with E-state index in [9.17, 15) is 9.59 Å². The van der Waals surface area contributed by atoms with Gasteiger partial charge in [0.1, 0.15) is 0 Å². The quantitative estimate of drug-likeness (QED) is 0.764. The summed E-state index contributed by atoms with van der Waals surface area (Å²) in [7, 11) is 0. The molecule has 0 saturated heterocycles. The largest absolute Gasteiger partial charge is 0.481 e. The van der Waals surface area contributed by atoms with Crippen molar-refractivity contribution in [3.05, 3.63) is 29.8 Å². The van der Waals surface area contributed by atoms with Gasteiger partial charge in [-0.1, -0.05) is 25.1 Å². The van der Waals surface area contributed by atoms with Gasteiger partial charge in [0.2, 0.25) is 5.91 Å². The highest BCUT2D eigenvalue weighted by atomic mass is 16.4. The van der Waals surface area contributed by atoms with Crippen LogP contribution in [0.1, 0.15) is 25.3 Å². The number of aryl methyl sites for hydroxylation is 1. The topological polar surface area (TPSA) is 69.6 Å². The van der Waals surface area contributed by atoms with Crippen molar-refractivity contribution in [2.45, 2.75) is 26.7 Å². The van der Waals surface area contributed by atoms with Crippen molar-refractivity contribution in [1.29, 1.82) is 0 Å². The Bertz CT molecular complexity index is 460. The number of anilines is 1. The first kappa shape index (κ1) is 16.2. The summed E-state index contributed by atoms with van der Waals surface area (Å²) < 4.78 is 0. The second-order valence-corrected chi connectivity index (χ2v) is 4.78. The van der Waals surface area contributed by atoms with E-state index in [4.69, 9.17) is 5.11 Å². The molecule has 0 aliphatic heterocycles. The van der Waals surface area contributed by atoms with Gasteiger partial charge in [-0.25, -0.2) is 0 Å². The van der Waals surface area contributed by atoms with Crippen molar-refractivity contribution >= 4 is 17.6 Å². The van der Waals surface area contributed by atoms with Gasteiger partial charge < -0.3 is 10.4 Å². The van der Waals surface area contributed by atoms with E-state index in [1.807, 2.05) is 43.0 Å². The average Bonchev–Trinajstić information content (AvgIpc) is 2.39. The molecule has 0 saturated carbocycles. The molecule has 5 nitrogen and oxygen atoms in total. The normalized spacial score (nSPS) is 10.6. The summed E-state index contributed by atoms with van der Waals surface area (Å²) in [6, 6.07) is 7.58. The highest BCUT2D eigenvalue weighted by Crippen LogP contribution is 2.12. The van der Waals surface area contributed by atoms with Gasteiger partial charge in [0.05, 0.1) is 13.0 Å². The Balaban J connectivity index is 2.53. The Morgan fingerprint density at radius 2 is 1.95 bits per heavy atom. The maximum atomic E-state index is 12.0. The molecule has 0 aromatic heterocycles. The first-order chi connectivity index (χ1) is 9.52. The summed E-state index contributed by atoms with van der Waals surface area (Å²) in [5, 5.41) is 11.6. The maximum Gasteiger partial charge on any atom is 0.304 e. The Kier molecular flexibility index (Phi) is 6.73. The number of benzene rings is 1. The zero-order chi connectivity index (χ0) is 15.0. The van der Waals surface area contributed by atoms with Gasteiger partial charge in [-0.15, -0.1) is 0 Å². The zero-order valence-corrected chi connectivity index (χ0v) is 12.1. The molecule has 5 heteroatoms. The lowest BCUT2D eigenvalue weighted by atomic mass is 10.2. The van der Waals surface area contributed by atoms with Crippen molar-refractivity contribution in [2.24, 2.45) is 0 Å². The van der Waals surface area contributed by atoms with E-state index in [1.54, 1.807) is 0 Å². The molecule has 0 bridgehead atoms. The van der Waals surface area contributed by atoms with Crippen LogP contribution >= 0.6 is 0 Å². The van der Waals surface area contributed by atoms with Crippen LogP contribution in [-0.4, -0.2) is 41.5 Å². The van der Waals surface area contributed by atoms with Crippen LogP contribution in [0.2, 0.25) is 0 Å². The fraction of sp³-hybridized carbons (Fsp3) is 0.467. The third kappa shape index (κ3) is 5.84. The Morgan fingerprint density at radius 1 is 1.25 bits per heavy atom. The van der Waals surface area contributed by atoms with E-state index < -0.39 is 5.97 Å². The van der Waals surface area contributed by atoms with Crippen LogP contribution in [-0.2, 0) is 9.59 Å². The van der Waals surface area contributed by atoms with E-state index in [0.717, 1.165) is 17.7 Å². The van der Waals surface area contributed by atoms with Gasteiger partial charge in [0.25, 0.3) is 0 Å². The number of carboxylic acids is 1. The minimum Gasteiger partial charge on any atom is -0.481 e. The number of nitrogens with one attached hydrogen (secondary N) is 1. The molecule has 0 aliphatic rings. The average molecular weight is 278 g/mol. The molecule has 1 amide bonds. The Labute approximate surface area is 119 Å². The molecule has 0 fully saturated rings. The lowest BCUT2D eigenvalue weighted by Crippen LogP contribution is -2.35. The van der Waals surface area contributed by atoms with Gasteiger partial charge in [0.15, 0.2) is 0 Å². The second kappa shape index (κ2) is 8.32. The highest BCUT2D eigenvalue weighted by Gasteiger charge is 2.12. The number of rotatable bonds is 8. The molecule has 0 spiro atoms. The minimum absolute atomic E-state index is 0.0532. The SMILES string of the molecule is CCCN(CCC(=O)O)CC(=O)Nc1ccccc1C. The molecule has 0 heterocycles. The van der Waals surface area contributed by atoms with Crippen LogP contribution in [0.3, 0.4) is 0 Å². The smallest absolute Gasteiger partial charge is 0.304 e. The molecule has 110 valence electrons. The first-order valence-electron chi connectivity index (χ1n) is 6.82. The van der Waals surface area contributed by atoms with Crippen molar-refractivity contribution < 1.29 is 14.7 Å². The predicted octanol–water partition coefficient (Wildman–Crippen LogP) is 2.12. The number of amides is 1. The van der Waals surface area contributed by atoms with Gasteiger partial charge >= 0.3 is 5.97 Å². The number of carboxylic acid groups (broad SMARTS) is 1. The van der Waals surface area contributed by atoms with Crippen LogP contribution in [0.25, 0.3) is 0 Å². The summed E-state index contributed by atoms with van der Waals surface area (Å²) in [5.74, 6) is -0.955. The summed E-state index contributed by atoms with van der Waals surface area (Å²) in [4.78, 5) is 24.5. The lowest BCUT2D eigenvalue weighted by molar-refractivity contribution is -0.137. The number of hydrogen-bond donors (Lipinski definition) is 2. The summed E-state index contributed by atoms with van der Waals surface area (Å²) in [6.07, 6.45) is 0.939. The molecule has 1 aromatic carbocycles. The first-order valence-corrected chi connectivity index (χ1v) is 6.82. The number of para-hydroxylation sites is 1. The number of carbonyl (C=O) groups excluding carboxylic acids is 1. The molecular formula is C15H22N2O3. The summed E-state index contributed by atoms with van der Waals surface area (Å²) in [5.41, 5.74) is 1.81. The Hall–Kier alpha value is -1.88. The Morgan fingerprint density at radius 3 is 2.55 bits per heavy atom. The molecule has 20 heavy (non-hydrogen) atoms. The maximum absolute atomic E-state index is 12.0. The van der Waals surface area contributed by atoms with Crippen LogP contribution in [0.5, 0.6) is 0 Å². The minimum atomic E-state index is -0.842. The molecular weight excluding hydrogens is 256 g/mol. The van der Waals surface area contributed by atoms with E-state index in [0.29, 0.717) is 13.1 Å². The van der Waals surface area contributed by atoms with Crippen LogP contribution < -0.4 is 5.32 Å². The van der Waals surface area contributed by atoms with Crippen molar-refractivity contribution in [1.82, 2.24) is 4.90 Å². The fourth-order valence-electron chi connectivity index (χ4n) is 1.95. The molecule has 0 unspecified atom stereocenters. The summed E-state index contributed by atoms with van der Waals surface area (Å²) in [6.45, 7) is 5.27. The van der Waals surface area contributed by atoms with E-state index in [-0.39, 0.29) is 18.9 Å². The molecule has 1 aromatic rings. The van der Waals surface area contributed by atoms with Crippen molar-refractivity contribution in [3.8, 4) is 0 Å². The second-order valence-electron chi connectivity index (χ2n) is 4.78. The van der Waals surface area contributed by atoms with Crippen LogP contribution in [0.4, 0.5) is 5.69 Å². The van der Waals surface area contributed by atoms with E-state index in [1.165, 1.54) is 0 Å². The van der Waals surface area contributed by atoms with E-state index >= 15 is 0 Å². The fourth-order valence-corrected chi connectivity index (χ4v) is 1.95. The molecule has 0 aliphatic carbocycles. The lowest BCUT2D eigenvalue weighted by Gasteiger charge is -2.20. The number of nitrogens with zero attached hydrogens (tertiary/aromatic N) is 1. The third-order valence-corrected chi connectivity index (χ3v) is 2.97. The highest BCUT2D eigenvalue weighted by molar-refractivity contribution is 5.92. The van der Waals surface area contributed by atoms with Gasteiger partial charge in [-0.05, 0) is 31.5 Å². The monoisotopic (exact) mass is 278 g/mol. The standard InChI is InChI=1S/C15H22N2O3/c1-3-9-17(10-8-15(19)20)11-14(18)16-13-7-5-4-6-12(13)2/h4-7H,3,8-11H2,1-2H3,(H,16,18)(H,19,20). The van der Waals surface area contributed by atoms with Crippen molar-refractivity contribution in [2.75, 3.05) is 25.0 Å². The molecule has 1 rings (SSSR count). The molecule has 2 N–H and O–H groups in total. The van der Waals surface area contributed by atoms with Crippen LogP contribution in [0.15, 0.2) is 24.3 Å². The van der Waals surface area contributed by atoms with Crippen molar-refractivity contribution in [3.63, 3.8) is 0 Å². The van der Waals surface area contributed by atoms with E-state index in [2.05, 4.69) is 5.32 Å².